The number of aromatic carboxylic acids is 1. The van der Waals surface area contributed by atoms with Gasteiger partial charge in [-0.25, -0.2) is 17.9 Å². The van der Waals surface area contributed by atoms with Crippen molar-refractivity contribution >= 4 is 16.0 Å². The minimum atomic E-state index is -3.84. The van der Waals surface area contributed by atoms with Gasteiger partial charge in [0.2, 0.25) is 10.0 Å². The van der Waals surface area contributed by atoms with Crippen LogP contribution in [0.4, 0.5) is 0 Å². The van der Waals surface area contributed by atoms with E-state index in [4.69, 9.17) is 16.3 Å². The highest BCUT2D eigenvalue weighted by Gasteiger charge is 2.23. The second-order valence-electron chi connectivity index (χ2n) is 4.31. The molecule has 1 rings (SSSR count). The summed E-state index contributed by atoms with van der Waals surface area (Å²) in [6.07, 6.45) is 6.01. The average Bonchev–Trinajstić information content (AvgIpc) is 2.45. The van der Waals surface area contributed by atoms with Gasteiger partial charge >= 0.3 is 5.97 Å². The molecular weight excluding hydrogens is 294 g/mol. The molecule has 0 fully saturated rings. The van der Waals surface area contributed by atoms with E-state index in [9.17, 15) is 13.2 Å². The molecule has 6 nitrogen and oxygen atoms in total. The molecule has 7 heteroatoms. The van der Waals surface area contributed by atoms with Gasteiger partial charge in [0.05, 0.1) is 12.7 Å². The molecule has 21 heavy (non-hydrogen) atoms. The molecule has 0 radical (unpaired) electrons. The molecule has 1 aromatic carbocycles. The van der Waals surface area contributed by atoms with Gasteiger partial charge in [0.15, 0.2) is 0 Å². The van der Waals surface area contributed by atoms with E-state index in [0.717, 1.165) is 0 Å². The quantitative estimate of drug-likeness (QED) is 0.744. The number of methoxy groups -OCH3 is 1. The highest BCUT2D eigenvalue weighted by Crippen LogP contribution is 2.25. The van der Waals surface area contributed by atoms with Crippen LogP contribution in [0.1, 0.15) is 30.1 Å². The molecule has 0 amide bonds. The molecule has 114 valence electrons. The molecule has 0 aliphatic carbocycles. The summed E-state index contributed by atoms with van der Waals surface area (Å²) >= 11 is 0. The number of nitrogens with one attached hydrogen (secondary N) is 1. The number of hydrogen-bond donors (Lipinski definition) is 2. The van der Waals surface area contributed by atoms with Crippen LogP contribution in [0.5, 0.6) is 5.75 Å². The van der Waals surface area contributed by atoms with Crippen LogP contribution in [0.2, 0.25) is 0 Å². The summed E-state index contributed by atoms with van der Waals surface area (Å²) in [7, 11) is -2.57. The van der Waals surface area contributed by atoms with Crippen molar-refractivity contribution in [3.05, 3.63) is 23.8 Å². The van der Waals surface area contributed by atoms with Gasteiger partial charge in [0.25, 0.3) is 0 Å². The smallest absolute Gasteiger partial charge is 0.335 e. The molecule has 0 aromatic heterocycles. The standard InChI is InChI=1S/C14H17NO5S/c1-4-6-11(5-2)15-21(18,19)13-8-7-10(14(16)17)9-12(13)20-3/h1,7-9,11,15H,5-6H2,2-3H3,(H,16,17). The summed E-state index contributed by atoms with van der Waals surface area (Å²) < 4.78 is 32.1. The number of carboxylic acids is 1. The van der Waals surface area contributed by atoms with Crippen LogP contribution in [-0.2, 0) is 10.0 Å². The first-order chi connectivity index (χ1) is 9.85. The van der Waals surface area contributed by atoms with Gasteiger partial charge in [0, 0.05) is 12.5 Å². The van der Waals surface area contributed by atoms with Gasteiger partial charge in [-0.3, -0.25) is 0 Å². The molecule has 1 atom stereocenters. The number of terminal acetylenes is 1. The number of rotatable bonds is 7. The summed E-state index contributed by atoms with van der Waals surface area (Å²) in [5.41, 5.74) is -0.0542. The van der Waals surface area contributed by atoms with E-state index in [1.807, 2.05) is 6.92 Å². The predicted molar refractivity (Wildman–Crippen MR) is 77.8 cm³/mol. The fourth-order valence-electron chi connectivity index (χ4n) is 1.72. The number of carbonyl (C=O) groups is 1. The van der Waals surface area contributed by atoms with E-state index < -0.39 is 16.0 Å². The van der Waals surface area contributed by atoms with Crippen molar-refractivity contribution in [1.82, 2.24) is 4.72 Å². The Morgan fingerprint density at radius 3 is 2.67 bits per heavy atom. The van der Waals surface area contributed by atoms with E-state index in [1.165, 1.54) is 25.3 Å². The Morgan fingerprint density at radius 2 is 2.19 bits per heavy atom. The van der Waals surface area contributed by atoms with Gasteiger partial charge < -0.3 is 9.84 Å². The van der Waals surface area contributed by atoms with Crippen LogP contribution >= 0.6 is 0 Å². The van der Waals surface area contributed by atoms with Crippen LogP contribution in [0, 0.1) is 12.3 Å². The Hall–Kier alpha value is -2.04. The van der Waals surface area contributed by atoms with Gasteiger partial charge in [-0.05, 0) is 24.6 Å². The Bertz CT molecular complexity index is 660. The largest absolute Gasteiger partial charge is 0.495 e. The topological polar surface area (TPSA) is 92.7 Å². The first-order valence-electron chi connectivity index (χ1n) is 6.22. The zero-order valence-electron chi connectivity index (χ0n) is 11.8. The third-order valence-electron chi connectivity index (χ3n) is 2.88. The summed E-state index contributed by atoms with van der Waals surface area (Å²) in [5, 5.41) is 8.91. The van der Waals surface area contributed by atoms with Gasteiger partial charge in [-0.2, -0.15) is 0 Å². The van der Waals surface area contributed by atoms with Crippen molar-refractivity contribution in [2.24, 2.45) is 0 Å². The SMILES string of the molecule is C#CCC(CC)NS(=O)(=O)c1ccc(C(=O)O)cc1OC. The monoisotopic (exact) mass is 311 g/mol. The first-order valence-corrected chi connectivity index (χ1v) is 7.71. The zero-order chi connectivity index (χ0) is 16.0. The molecule has 0 heterocycles. The third-order valence-corrected chi connectivity index (χ3v) is 4.44. The minimum absolute atomic E-state index is 0.0297. The second kappa shape index (κ2) is 7.11. The maximum atomic E-state index is 12.3. The van der Waals surface area contributed by atoms with Crippen LogP contribution in [0.15, 0.2) is 23.1 Å². The molecule has 0 aliphatic heterocycles. The minimum Gasteiger partial charge on any atom is -0.495 e. The van der Waals surface area contributed by atoms with E-state index in [1.54, 1.807) is 0 Å². The predicted octanol–water partition coefficient (Wildman–Crippen LogP) is 1.47. The van der Waals surface area contributed by atoms with Gasteiger partial charge in [-0.1, -0.05) is 6.92 Å². The van der Waals surface area contributed by atoms with Crippen LogP contribution in [0.3, 0.4) is 0 Å². The van der Waals surface area contributed by atoms with Gasteiger partial charge in [0.1, 0.15) is 10.6 Å². The molecule has 0 saturated carbocycles. The second-order valence-corrected chi connectivity index (χ2v) is 5.99. The van der Waals surface area contributed by atoms with E-state index in [0.29, 0.717) is 6.42 Å². The normalized spacial score (nSPS) is 12.4. The molecule has 1 aromatic rings. The number of sulfonamides is 1. The van der Waals surface area contributed by atoms with E-state index in [2.05, 4.69) is 10.6 Å². The van der Waals surface area contributed by atoms with Crippen molar-refractivity contribution in [1.29, 1.82) is 0 Å². The van der Waals surface area contributed by atoms with Crippen molar-refractivity contribution in [2.45, 2.75) is 30.7 Å². The summed E-state index contributed by atoms with van der Waals surface area (Å²) in [4.78, 5) is 10.8. The number of hydrogen-bond acceptors (Lipinski definition) is 4. The Kier molecular flexibility index (Phi) is 5.76. The molecule has 0 saturated heterocycles. The van der Waals surface area contributed by atoms with Gasteiger partial charge in [-0.15, -0.1) is 12.3 Å². The highest BCUT2D eigenvalue weighted by atomic mass is 32.2. The van der Waals surface area contributed by atoms with E-state index >= 15 is 0 Å². The highest BCUT2D eigenvalue weighted by molar-refractivity contribution is 7.89. The molecule has 0 spiro atoms. The lowest BCUT2D eigenvalue weighted by Gasteiger charge is -2.16. The van der Waals surface area contributed by atoms with Crippen molar-refractivity contribution in [3.63, 3.8) is 0 Å². The van der Waals surface area contributed by atoms with E-state index in [-0.39, 0.29) is 28.7 Å². The third kappa shape index (κ3) is 4.21. The maximum absolute atomic E-state index is 12.3. The lowest BCUT2D eigenvalue weighted by molar-refractivity contribution is 0.0696. The maximum Gasteiger partial charge on any atom is 0.335 e. The van der Waals surface area contributed by atoms with Crippen LogP contribution < -0.4 is 9.46 Å². The summed E-state index contributed by atoms with van der Waals surface area (Å²) in [6, 6.07) is 3.19. The Balaban J connectivity index is 3.19. The lowest BCUT2D eigenvalue weighted by atomic mass is 10.2. The summed E-state index contributed by atoms with van der Waals surface area (Å²) in [6.45, 7) is 1.81. The molecular formula is C14H17NO5S. The molecule has 0 bridgehead atoms. The molecule has 2 N–H and O–H groups in total. The fourth-order valence-corrected chi connectivity index (χ4v) is 3.19. The van der Waals surface area contributed by atoms with Crippen molar-refractivity contribution in [3.8, 4) is 18.1 Å². The summed E-state index contributed by atoms with van der Waals surface area (Å²) in [5.74, 6) is 1.22. The molecule has 1 unspecified atom stereocenters. The fraction of sp³-hybridized carbons (Fsp3) is 0.357. The molecule has 0 aliphatic rings. The number of carboxylic acid groups (broad SMARTS) is 1. The zero-order valence-corrected chi connectivity index (χ0v) is 12.6. The van der Waals surface area contributed by atoms with Crippen LogP contribution in [0.25, 0.3) is 0 Å². The average molecular weight is 311 g/mol. The lowest BCUT2D eigenvalue weighted by Crippen LogP contribution is -2.34. The van der Waals surface area contributed by atoms with Crippen molar-refractivity contribution < 1.29 is 23.1 Å². The van der Waals surface area contributed by atoms with Crippen molar-refractivity contribution in [2.75, 3.05) is 7.11 Å². The Labute approximate surface area is 124 Å². The van der Waals surface area contributed by atoms with Crippen LogP contribution in [-0.4, -0.2) is 32.6 Å². The Morgan fingerprint density at radius 1 is 1.52 bits per heavy atom. The number of ether oxygens (including phenoxy) is 1. The number of benzene rings is 1. The first kappa shape index (κ1) is 17.0.